The van der Waals surface area contributed by atoms with Gasteiger partial charge in [0.1, 0.15) is 11.3 Å². The van der Waals surface area contributed by atoms with Crippen molar-refractivity contribution in [2.24, 2.45) is 0 Å². The molecule has 1 aliphatic carbocycles. The number of carbonyl (C=O) groups is 1. The van der Waals surface area contributed by atoms with E-state index in [9.17, 15) is 18.0 Å². The summed E-state index contributed by atoms with van der Waals surface area (Å²) in [7, 11) is 0. The van der Waals surface area contributed by atoms with Crippen molar-refractivity contribution in [2.75, 3.05) is 6.54 Å². The van der Waals surface area contributed by atoms with Gasteiger partial charge in [0.05, 0.1) is 0 Å². The van der Waals surface area contributed by atoms with E-state index in [1.165, 1.54) is 6.20 Å². The molecule has 1 aromatic carbocycles. The molecule has 4 nitrogen and oxygen atoms in total. The van der Waals surface area contributed by atoms with E-state index in [2.05, 4.69) is 10.3 Å². The number of rotatable bonds is 3. The minimum absolute atomic E-state index is 0.287. The van der Waals surface area contributed by atoms with Gasteiger partial charge in [-0.15, -0.1) is 0 Å². The summed E-state index contributed by atoms with van der Waals surface area (Å²) in [6.07, 6.45) is -0.325. The van der Waals surface area contributed by atoms with E-state index < -0.39 is 23.6 Å². The van der Waals surface area contributed by atoms with Crippen LogP contribution in [0.15, 0.2) is 42.6 Å². The number of alkyl carbamates (subject to hydrolysis) is 1. The largest absolute Gasteiger partial charge is 0.444 e. The maximum Gasteiger partial charge on any atom is 0.433 e. The number of halogens is 3. The fourth-order valence-electron chi connectivity index (χ4n) is 3.33. The summed E-state index contributed by atoms with van der Waals surface area (Å²) in [6.45, 7) is 5.66. The van der Waals surface area contributed by atoms with Crippen LogP contribution < -0.4 is 5.32 Å². The Bertz CT molecular complexity index is 944. The van der Waals surface area contributed by atoms with Crippen molar-refractivity contribution in [3.8, 4) is 11.1 Å². The monoisotopic (exact) mass is 404 g/mol. The van der Waals surface area contributed by atoms with Crippen molar-refractivity contribution in [2.45, 2.75) is 45.4 Å². The number of hydrogen-bond acceptors (Lipinski definition) is 3. The minimum Gasteiger partial charge on any atom is -0.444 e. The summed E-state index contributed by atoms with van der Waals surface area (Å²) in [4.78, 5) is 15.4. The number of fused-ring (bicyclic) bond motifs is 1. The quantitative estimate of drug-likeness (QED) is 0.722. The molecule has 0 saturated heterocycles. The van der Waals surface area contributed by atoms with Gasteiger partial charge in [0.25, 0.3) is 0 Å². The van der Waals surface area contributed by atoms with Crippen molar-refractivity contribution in [1.29, 1.82) is 0 Å². The van der Waals surface area contributed by atoms with Crippen LogP contribution in [-0.4, -0.2) is 23.2 Å². The number of aromatic nitrogens is 1. The summed E-state index contributed by atoms with van der Waals surface area (Å²) in [6, 6.07) is 8.22. The predicted molar refractivity (Wildman–Crippen MR) is 105 cm³/mol. The second-order valence-corrected chi connectivity index (χ2v) is 7.88. The van der Waals surface area contributed by atoms with E-state index in [1.807, 2.05) is 24.3 Å². The Morgan fingerprint density at radius 2 is 1.90 bits per heavy atom. The van der Waals surface area contributed by atoms with Crippen LogP contribution in [0.1, 0.15) is 44.0 Å². The summed E-state index contributed by atoms with van der Waals surface area (Å²) >= 11 is 0. The molecule has 1 N–H and O–H groups in total. The van der Waals surface area contributed by atoms with E-state index in [1.54, 1.807) is 26.8 Å². The molecule has 0 aliphatic heterocycles. The summed E-state index contributed by atoms with van der Waals surface area (Å²) in [5.74, 6) is 0. The molecular weight excluding hydrogens is 381 g/mol. The minimum atomic E-state index is -4.49. The average Bonchev–Trinajstić information content (AvgIpc) is 2.64. The second-order valence-electron chi connectivity index (χ2n) is 7.88. The van der Waals surface area contributed by atoms with Gasteiger partial charge in [-0.05, 0) is 73.6 Å². The van der Waals surface area contributed by atoms with Gasteiger partial charge in [0.15, 0.2) is 0 Å². The van der Waals surface area contributed by atoms with Crippen LogP contribution in [0.2, 0.25) is 0 Å². The van der Waals surface area contributed by atoms with Gasteiger partial charge in [0, 0.05) is 12.7 Å². The molecule has 0 unspecified atom stereocenters. The van der Waals surface area contributed by atoms with Crippen molar-refractivity contribution in [1.82, 2.24) is 10.3 Å². The van der Waals surface area contributed by atoms with Crippen molar-refractivity contribution < 1.29 is 22.7 Å². The first-order valence-electron chi connectivity index (χ1n) is 9.36. The molecule has 0 spiro atoms. The highest BCUT2D eigenvalue weighted by atomic mass is 19.4. The number of nitrogens with one attached hydrogen (secondary N) is 1. The van der Waals surface area contributed by atoms with Crippen LogP contribution in [0.3, 0.4) is 0 Å². The first-order valence-corrected chi connectivity index (χ1v) is 9.36. The van der Waals surface area contributed by atoms with E-state index in [0.29, 0.717) is 12.0 Å². The maximum atomic E-state index is 13.1. The molecule has 3 rings (SSSR count). The lowest BCUT2D eigenvalue weighted by atomic mass is 9.85. The molecule has 154 valence electrons. The highest BCUT2D eigenvalue weighted by molar-refractivity contribution is 5.81. The van der Waals surface area contributed by atoms with E-state index in [-0.39, 0.29) is 6.54 Å². The highest BCUT2D eigenvalue weighted by Gasteiger charge is 2.32. The molecule has 2 aromatic rings. The first kappa shape index (κ1) is 20.9. The topological polar surface area (TPSA) is 51.2 Å². The Kier molecular flexibility index (Phi) is 5.68. The molecule has 0 radical (unpaired) electrons. The molecule has 1 heterocycles. The molecule has 0 bridgehead atoms. The number of allylic oxidation sites excluding steroid dienone is 1. The van der Waals surface area contributed by atoms with Gasteiger partial charge in [-0.1, -0.05) is 24.3 Å². The normalized spacial score (nSPS) is 14.1. The molecule has 0 saturated carbocycles. The molecule has 29 heavy (non-hydrogen) atoms. The third kappa shape index (κ3) is 5.16. The molecule has 0 fully saturated rings. The molecule has 1 amide bonds. The number of pyridine rings is 1. The first-order chi connectivity index (χ1) is 13.5. The maximum absolute atomic E-state index is 13.1. The lowest BCUT2D eigenvalue weighted by Gasteiger charge is -2.23. The van der Waals surface area contributed by atoms with Crippen molar-refractivity contribution in [3.05, 3.63) is 59.4 Å². The molecule has 7 heteroatoms. The number of carbonyl (C=O) groups excluding carboxylic acids is 1. The zero-order valence-corrected chi connectivity index (χ0v) is 16.6. The Balaban J connectivity index is 1.87. The van der Waals surface area contributed by atoms with E-state index >= 15 is 0 Å². The van der Waals surface area contributed by atoms with Gasteiger partial charge in [-0.2, -0.15) is 13.2 Å². The molecule has 1 aromatic heterocycles. The van der Waals surface area contributed by atoms with Crippen molar-refractivity contribution >= 4 is 11.7 Å². The number of nitrogens with zero attached hydrogens (tertiary/aromatic N) is 1. The Labute approximate surface area is 167 Å². The fourth-order valence-corrected chi connectivity index (χ4v) is 3.33. The van der Waals surface area contributed by atoms with Crippen LogP contribution >= 0.6 is 0 Å². The fraction of sp³-hybridized carbons (Fsp3) is 0.364. The van der Waals surface area contributed by atoms with Gasteiger partial charge in [-0.3, -0.25) is 4.98 Å². The summed E-state index contributed by atoms with van der Waals surface area (Å²) in [5, 5.41) is 2.75. The zero-order valence-electron chi connectivity index (χ0n) is 16.6. The summed E-state index contributed by atoms with van der Waals surface area (Å²) in [5.41, 5.74) is 2.54. The SMILES string of the molecule is CC(C)(C)OC(=O)NCC1=CCCc2c1cccc2-c1ccnc(C(F)(F)F)c1. The zero-order chi connectivity index (χ0) is 21.2. The van der Waals surface area contributed by atoms with Crippen molar-refractivity contribution in [3.63, 3.8) is 0 Å². The molecular formula is C22H23F3N2O2. The average molecular weight is 404 g/mol. The van der Waals surface area contributed by atoms with Crippen LogP contribution in [0.5, 0.6) is 0 Å². The highest BCUT2D eigenvalue weighted by Crippen LogP contribution is 2.36. The van der Waals surface area contributed by atoms with Gasteiger partial charge in [0.2, 0.25) is 0 Å². The second kappa shape index (κ2) is 7.89. The Morgan fingerprint density at radius 1 is 1.17 bits per heavy atom. The van der Waals surface area contributed by atoms with Crippen LogP contribution in [-0.2, 0) is 17.3 Å². The summed E-state index contributed by atoms with van der Waals surface area (Å²) < 4.78 is 44.4. The van der Waals surface area contributed by atoms with Crippen LogP contribution in [0, 0.1) is 0 Å². The third-order valence-corrected chi connectivity index (χ3v) is 4.49. The standard InChI is InChI=1S/C22H23F3N2O2/c1-21(2,3)29-20(28)27-13-15-6-4-9-18-16(7-5-8-17(15)18)14-10-11-26-19(12-14)22(23,24)25/h5-8,10-12H,4,9,13H2,1-3H3,(H,27,28). The number of benzene rings is 1. The number of alkyl halides is 3. The Morgan fingerprint density at radius 3 is 2.59 bits per heavy atom. The van der Waals surface area contributed by atoms with Crippen LogP contribution in [0.4, 0.5) is 18.0 Å². The molecule has 1 aliphatic rings. The number of hydrogen-bond donors (Lipinski definition) is 1. The van der Waals surface area contributed by atoms with Gasteiger partial charge < -0.3 is 10.1 Å². The lowest BCUT2D eigenvalue weighted by molar-refractivity contribution is -0.141. The molecule has 0 atom stereocenters. The van der Waals surface area contributed by atoms with Gasteiger partial charge >= 0.3 is 12.3 Å². The number of amides is 1. The predicted octanol–water partition coefficient (Wildman–Crippen LogP) is 5.62. The van der Waals surface area contributed by atoms with E-state index in [0.717, 1.165) is 34.8 Å². The number of ether oxygens (including phenoxy) is 1. The smallest absolute Gasteiger partial charge is 0.433 e. The van der Waals surface area contributed by atoms with Gasteiger partial charge in [-0.25, -0.2) is 4.79 Å². The van der Waals surface area contributed by atoms with E-state index in [4.69, 9.17) is 4.74 Å². The Hall–Kier alpha value is -2.83. The third-order valence-electron chi connectivity index (χ3n) is 4.49. The van der Waals surface area contributed by atoms with Crippen LogP contribution in [0.25, 0.3) is 16.7 Å². The lowest BCUT2D eigenvalue weighted by Crippen LogP contribution is -2.33.